The van der Waals surface area contributed by atoms with Crippen molar-refractivity contribution in [1.29, 1.82) is 0 Å². The number of nitrogens with two attached hydrogens (primary N) is 1. The molecule has 7 N–H and O–H groups in total. The zero-order valence-electron chi connectivity index (χ0n) is 21.7. The average Bonchev–Trinajstić information content (AvgIpc) is 3.37. The number of ether oxygens (including phenoxy) is 1. The second kappa shape index (κ2) is 9.70. The fourth-order valence-corrected chi connectivity index (χ4v) is 6.64. The zero-order chi connectivity index (χ0) is 28.4. The van der Waals surface area contributed by atoms with Gasteiger partial charge in [0, 0.05) is 42.3 Å². The number of nitrogens with one attached hydrogen (secondary N) is 1. The second-order valence-electron chi connectivity index (χ2n) is 11.0. The number of hydrogen-bond acceptors (Lipinski definition) is 10. The van der Waals surface area contributed by atoms with Crippen LogP contribution < -0.4 is 11.1 Å². The lowest BCUT2D eigenvalue weighted by Crippen LogP contribution is -2.63. The number of carbonyl (C=O) groups is 3. The molecule has 1 heterocycles. The molecular weight excluding hydrogens is 513 g/mol. The number of aromatic hydroxyl groups is 1. The number of hydrogen-bond donors (Lipinski definition) is 6. The SMILES string of the molecule is CN(C)[C@@H]1C(O)=C(C(N)=O)C(=O)[C@@]2(O)C(O)=C3C(=O)c4c(O)cc(CNCC5CCOC5)c(F)c4C[C@H]3C[C@@H]12. The van der Waals surface area contributed by atoms with Crippen LogP contribution in [-0.4, -0.2) is 88.3 Å². The normalized spacial score (nSPS) is 30.5. The molecule has 1 saturated heterocycles. The number of rotatable bonds is 6. The van der Waals surface area contributed by atoms with Gasteiger partial charge in [0.25, 0.3) is 5.91 Å². The minimum Gasteiger partial charge on any atom is -0.510 e. The lowest BCUT2D eigenvalue weighted by atomic mass is 9.58. The molecule has 1 aromatic rings. The predicted octanol–water partition coefficient (Wildman–Crippen LogP) is 0.386. The van der Waals surface area contributed by atoms with Gasteiger partial charge in [-0.3, -0.25) is 19.3 Å². The first kappa shape index (κ1) is 27.3. The number of aliphatic hydroxyl groups is 3. The molecule has 0 bridgehead atoms. The fraction of sp³-hybridized carbons (Fsp3) is 0.519. The molecule has 12 heteroatoms. The van der Waals surface area contributed by atoms with E-state index in [0.717, 1.165) is 12.5 Å². The number of amides is 1. The summed E-state index contributed by atoms with van der Waals surface area (Å²) in [5, 5.41) is 47.6. The van der Waals surface area contributed by atoms with E-state index in [9.17, 15) is 34.8 Å². The molecule has 1 amide bonds. The number of halogens is 1. The number of Topliss-reactive ketones (excluding diaryl/α,β-unsaturated/α-hetero) is 2. The molecule has 1 unspecified atom stereocenters. The Balaban J connectivity index is 1.55. The van der Waals surface area contributed by atoms with Crippen LogP contribution in [0.4, 0.5) is 4.39 Å². The van der Waals surface area contributed by atoms with E-state index in [0.29, 0.717) is 25.7 Å². The van der Waals surface area contributed by atoms with Gasteiger partial charge in [0.2, 0.25) is 5.78 Å². The number of ketones is 2. The van der Waals surface area contributed by atoms with Gasteiger partial charge in [-0.1, -0.05) is 0 Å². The van der Waals surface area contributed by atoms with E-state index in [1.165, 1.54) is 4.90 Å². The summed E-state index contributed by atoms with van der Waals surface area (Å²) in [6.45, 7) is 2.02. The Hall–Kier alpha value is -3.32. The molecule has 39 heavy (non-hydrogen) atoms. The fourth-order valence-electron chi connectivity index (χ4n) is 6.64. The summed E-state index contributed by atoms with van der Waals surface area (Å²) in [4.78, 5) is 40.4. The molecule has 0 aromatic heterocycles. The van der Waals surface area contributed by atoms with Crippen molar-refractivity contribution in [2.24, 2.45) is 23.5 Å². The van der Waals surface area contributed by atoms with Crippen molar-refractivity contribution < 1.29 is 43.9 Å². The molecule has 1 aliphatic heterocycles. The van der Waals surface area contributed by atoms with Crippen molar-refractivity contribution in [3.8, 4) is 5.75 Å². The Morgan fingerprint density at radius 3 is 2.62 bits per heavy atom. The number of fused-ring (bicyclic) bond motifs is 3. The Morgan fingerprint density at radius 2 is 2.00 bits per heavy atom. The lowest BCUT2D eigenvalue weighted by Gasteiger charge is -2.50. The third-order valence-electron chi connectivity index (χ3n) is 8.50. The van der Waals surface area contributed by atoms with E-state index >= 15 is 4.39 Å². The summed E-state index contributed by atoms with van der Waals surface area (Å²) in [7, 11) is 3.09. The first-order valence-electron chi connectivity index (χ1n) is 12.9. The smallest absolute Gasteiger partial charge is 0.255 e. The van der Waals surface area contributed by atoms with Crippen molar-refractivity contribution >= 4 is 17.5 Å². The maximum atomic E-state index is 15.7. The van der Waals surface area contributed by atoms with Crippen LogP contribution in [0.5, 0.6) is 5.75 Å². The van der Waals surface area contributed by atoms with Crippen LogP contribution in [0.15, 0.2) is 28.7 Å². The van der Waals surface area contributed by atoms with Gasteiger partial charge in [0.05, 0.1) is 18.2 Å². The molecular formula is C27H32FN3O8. The first-order valence-corrected chi connectivity index (χ1v) is 12.9. The summed E-state index contributed by atoms with van der Waals surface area (Å²) in [5.41, 5.74) is 1.20. The van der Waals surface area contributed by atoms with E-state index in [2.05, 4.69) is 5.32 Å². The number of likely N-dealkylation sites (N-methyl/N-ethyl adjacent to an activating group) is 1. The number of phenols is 1. The Morgan fingerprint density at radius 1 is 1.28 bits per heavy atom. The van der Waals surface area contributed by atoms with Crippen molar-refractivity contribution in [3.05, 3.63) is 51.2 Å². The number of benzene rings is 1. The minimum absolute atomic E-state index is 0.0193. The van der Waals surface area contributed by atoms with E-state index < -0.39 is 69.6 Å². The van der Waals surface area contributed by atoms with Gasteiger partial charge < -0.3 is 36.2 Å². The van der Waals surface area contributed by atoms with Crippen LogP contribution >= 0.6 is 0 Å². The highest BCUT2D eigenvalue weighted by Gasteiger charge is 2.63. The highest BCUT2D eigenvalue weighted by molar-refractivity contribution is 6.24. The minimum atomic E-state index is -2.73. The summed E-state index contributed by atoms with van der Waals surface area (Å²) in [6.07, 6.45) is 0.698. The topological polar surface area (TPSA) is 183 Å². The number of phenolic OH excluding ortho intramolecular Hbond substituents is 1. The quantitative estimate of drug-likeness (QED) is 0.273. The van der Waals surface area contributed by atoms with Crippen molar-refractivity contribution in [1.82, 2.24) is 10.2 Å². The van der Waals surface area contributed by atoms with Gasteiger partial charge in [0.1, 0.15) is 28.7 Å². The molecule has 1 fully saturated rings. The third kappa shape index (κ3) is 4.05. The van der Waals surface area contributed by atoms with Crippen molar-refractivity contribution in [2.75, 3.05) is 33.9 Å². The molecule has 5 rings (SSSR count). The van der Waals surface area contributed by atoms with Crippen LogP contribution in [0.3, 0.4) is 0 Å². The summed E-state index contributed by atoms with van der Waals surface area (Å²) >= 11 is 0. The zero-order valence-corrected chi connectivity index (χ0v) is 21.7. The highest BCUT2D eigenvalue weighted by Crippen LogP contribution is 2.52. The highest BCUT2D eigenvalue weighted by atomic mass is 19.1. The lowest BCUT2D eigenvalue weighted by molar-refractivity contribution is -0.148. The molecule has 0 radical (unpaired) electrons. The van der Waals surface area contributed by atoms with Gasteiger partial charge >= 0.3 is 0 Å². The van der Waals surface area contributed by atoms with Crippen LogP contribution in [0.25, 0.3) is 0 Å². The van der Waals surface area contributed by atoms with Crippen molar-refractivity contribution in [3.63, 3.8) is 0 Å². The first-order chi connectivity index (χ1) is 18.4. The van der Waals surface area contributed by atoms with Crippen LogP contribution in [0.2, 0.25) is 0 Å². The molecule has 5 atom stereocenters. The number of carbonyl (C=O) groups excluding carboxylic acids is 3. The molecule has 0 saturated carbocycles. The van der Waals surface area contributed by atoms with Gasteiger partial charge in [-0.25, -0.2) is 4.39 Å². The molecule has 3 aliphatic carbocycles. The Labute approximate surface area is 223 Å². The maximum absolute atomic E-state index is 15.7. The average molecular weight is 546 g/mol. The molecule has 0 spiro atoms. The predicted molar refractivity (Wildman–Crippen MR) is 134 cm³/mol. The summed E-state index contributed by atoms with van der Waals surface area (Å²) < 4.78 is 21.1. The van der Waals surface area contributed by atoms with Crippen molar-refractivity contribution in [2.45, 2.75) is 37.5 Å². The second-order valence-corrected chi connectivity index (χ2v) is 11.0. The maximum Gasteiger partial charge on any atom is 0.255 e. The van der Waals surface area contributed by atoms with E-state index in [1.54, 1.807) is 14.1 Å². The van der Waals surface area contributed by atoms with Crippen LogP contribution in [0, 0.1) is 23.6 Å². The molecule has 4 aliphatic rings. The summed E-state index contributed by atoms with van der Waals surface area (Å²) in [6, 6.07) is 0.0474. The Bertz CT molecular complexity index is 1330. The number of nitrogens with zero attached hydrogens (tertiary/aromatic N) is 1. The van der Waals surface area contributed by atoms with Gasteiger partial charge in [-0.2, -0.15) is 0 Å². The van der Waals surface area contributed by atoms with Crippen LogP contribution in [0.1, 0.15) is 34.3 Å². The molecule has 1 aromatic carbocycles. The van der Waals surface area contributed by atoms with Gasteiger partial charge in [-0.05, 0) is 51.3 Å². The van der Waals surface area contributed by atoms with Crippen LogP contribution in [-0.2, 0) is 27.3 Å². The Kier molecular flexibility index (Phi) is 6.78. The largest absolute Gasteiger partial charge is 0.510 e. The van der Waals surface area contributed by atoms with E-state index in [1.807, 2.05) is 0 Å². The van der Waals surface area contributed by atoms with E-state index in [-0.39, 0.29) is 41.6 Å². The molecule has 11 nitrogen and oxygen atoms in total. The number of primary amides is 1. The van der Waals surface area contributed by atoms with E-state index in [4.69, 9.17) is 10.5 Å². The summed E-state index contributed by atoms with van der Waals surface area (Å²) in [5.74, 6) is -8.00. The molecule has 210 valence electrons. The number of allylic oxidation sites excluding steroid dienone is 1. The standard InChI is InChI=1S/C27H32FN3O8/c1-31(2)21-15-6-12-5-14-18(16(32)7-13(20(14)28)9-30-8-11-3-4-39-10-11)22(33)17(12)24(35)27(15,38)25(36)19(23(21)34)26(29)37/h7,11-12,15,21,30,32,34-35,38H,3-6,8-10H2,1-2H3,(H2,29,37)/t11?,12-,15-,21-,27-/m0/s1. The van der Waals surface area contributed by atoms with Gasteiger partial charge in [-0.15, -0.1) is 0 Å². The monoisotopic (exact) mass is 545 g/mol. The third-order valence-corrected chi connectivity index (χ3v) is 8.50. The number of aliphatic hydroxyl groups excluding tert-OH is 2. The van der Waals surface area contributed by atoms with Gasteiger partial charge in [0.15, 0.2) is 11.4 Å².